The largest absolute Gasteiger partial charge is 0.482 e. The van der Waals surface area contributed by atoms with Gasteiger partial charge in [0.25, 0.3) is 5.91 Å². The maximum absolute atomic E-state index is 13.1. The van der Waals surface area contributed by atoms with Gasteiger partial charge in [0, 0.05) is 0 Å². The molecule has 3 rings (SSSR count). The van der Waals surface area contributed by atoms with Crippen LogP contribution < -0.4 is 10.1 Å². The minimum Gasteiger partial charge on any atom is -0.482 e. The van der Waals surface area contributed by atoms with Crippen molar-refractivity contribution in [1.29, 1.82) is 0 Å². The minimum atomic E-state index is -0.492. The first-order valence-corrected chi connectivity index (χ1v) is 7.64. The summed E-state index contributed by atoms with van der Waals surface area (Å²) in [4.78, 5) is 16.0. The van der Waals surface area contributed by atoms with Gasteiger partial charge in [0.05, 0.1) is 15.2 Å². The first-order valence-electron chi connectivity index (χ1n) is 6.45. The molecule has 1 amide bonds. The third kappa shape index (κ3) is 3.75. The van der Waals surface area contributed by atoms with Crippen molar-refractivity contribution in [3.05, 3.63) is 53.1 Å². The first kappa shape index (κ1) is 15.6. The number of ether oxygens (including phenoxy) is 1. The third-order valence-corrected chi connectivity index (χ3v) is 4.08. The van der Waals surface area contributed by atoms with Crippen LogP contribution in [0.5, 0.6) is 5.75 Å². The molecule has 0 aliphatic heterocycles. The van der Waals surface area contributed by atoms with Crippen molar-refractivity contribution in [2.45, 2.75) is 0 Å². The summed E-state index contributed by atoms with van der Waals surface area (Å²) in [6.45, 7) is -0.310. The van der Waals surface area contributed by atoms with E-state index in [2.05, 4.69) is 10.3 Å². The highest BCUT2D eigenvalue weighted by atomic mass is 35.5. The van der Waals surface area contributed by atoms with E-state index in [0.29, 0.717) is 15.3 Å². The Kier molecular flexibility index (Phi) is 4.40. The lowest BCUT2D eigenvalue weighted by molar-refractivity contribution is -0.118. The maximum atomic E-state index is 13.1. The summed E-state index contributed by atoms with van der Waals surface area (Å²) in [6, 6.07) is 7.79. The Hall–Kier alpha value is -2.25. The standard InChI is InChI=1S/C15H9ClF2N2O2S/c16-10-5-8(17)2-4-12(10)22-7-14(21)20-15-19-11-3-1-9(18)6-13(11)23-15/h1-6H,7H2,(H,19,20,21). The van der Waals surface area contributed by atoms with E-state index in [1.165, 1.54) is 30.3 Å². The normalized spacial score (nSPS) is 10.7. The second kappa shape index (κ2) is 6.47. The van der Waals surface area contributed by atoms with E-state index in [9.17, 15) is 13.6 Å². The van der Waals surface area contributed by atoms with Crippen LogP contribution in [0.15, 0.2) is 36.4 Å². The zero-order valence-electron chi connectivity index (χ0n) is 11.5. The quantitative estimate of drug-likeness (QED) is 0.762. The molecule has 0 fully saturated rings. The molecular formula is C15H9ClF2N2O2S. The van der Waals surface area contributed by atoms with Gasteiger partial charge in [0.2, 0.25) is 0 Å². The van der Waals surface area contributed by atoms with Gasteiger partial charge < -0.3 is 4.74 Å². The fraction of sp³-hybridized carbons (Fsp3) is 0.0667. The summed E-state index contributed by atoms with van der Waals surface area (Å²) in [5.74, 6) is -1.11. The smallest absolute Gasteiger partial charge is 0.264 e. The molecule has 1 heterocycles. The summed E-state index contributed by atoms with van der Waals surface area (Å²) < 4.78 is 31.9. The van der Waals surface area contributed by atoms with E-state index in [4.69, 9.17) is 16.3 Å². The molecule has 0 saturated carbocycles. The Morgan fingerprint density at radius 1 is 1.22 bits per heavy atom. The van der Waals surface area contributed by atoms with Gasteiger partial charge in [-0.2, -0.15) is 0 Å². The second-order valence-electron chi connectivity index (χ2n) is 4.54. The predicted octanol–water partition coefficient (Wildman–Crippen LogP) is 4.25. The van der Waals surface area contributed by atoms with Crippen LogP contribution >= 0.6 is 22.9 Å². The molecule has 23 heavy (non-hydrogen) atoms. The Morgan fingerprint density at radius 3 is 2.74 bits per heavy atom. The predicted molar refractivity (Wildman–Crippen MR) is 85.1 cm³/mol. The molecular weight excluding hydrogens is 346 g/mol. The molecule has 0 radical (unpaired) electrons. The molecule has 0 aliphatic carbocycles. The van der Waals surface area contributed by atoms with Crippen LogP contribution in [0.2, 0.25) is 5.02 Å². The molecule has 3 aromatic rings. The third-order valence-electron chi connectivity index (χ3n) is 2.85. The topological polar surface area (TPSA) is 51.2 Å². The summed E-state index contributed by atoms with van der Waals surface area (Å²) in [6.07, 6.45) is 0. The second-order valence-corrected chi connectivity index (χ2v) is 5.98. The number of carbonyl (C=O) groups is 1. The molecule has 2 aromatic carbocycles. The molecule has 1 aromatic heterocycles. The molecule has 118 valence electrons. The fourth-order valence-electron chi connectivity index (χ4n) is 1.84. The van der Waals surface area contributed by atoms with Crippen LogP contribution in [-0.2, 0) is 4.79 Å². The number of halogens is 3. The highest BCUT2D eigenvalue weighted by Crippen LogP contribution is 2.27. The summed E-state index contributed by atoms with van der Waals surface area (Å²) in [7, 11) is 0. The molecule has 1 N–H and O–H groups in total. The van der Waals surface area contributed by atoms with Gasteiger partial charge in [-0.3, -0.25) is 10.1 Å². The summed E-state index contributed by atoms with van der Waals surface area (Å²) >= 11 is 6.95. The van der Waals surface area contributed by atoms with Crippen molar-refractivity contribution >= 4 is 44.2 Å². The Balaban J connectivity index is 1.64. The average molecular weight is 355 g/mol. The highest BCUT2D eigenvalue weighted by Gasteiger charge is 2.10. The fourth-order valence-corrected chi connectivity index (χ4v) is 2.97. The van der Waals surface area contributed by atoms with E-state index < -0.39 is 11.7 Å². The molecule has 0 unspecified atom stereocenters. The number of carbonyl (C=O) groups excluding carboxylic acids is 1. The van der Waals surface area contributed by atoms with Gasteiger partial charge in [-0.15, -0.1) is 0 Å². The average Bonchev–Trinajstić information content (AvgIpc) is 2.87. The summed E-state index contributed by atoms with van der Waals surface area (Å²) in [5, 5.41) is 2.97. The summed E-state index contributed by atoms with van der Waals surface area (Å²) in [5.41, 5.74) is 0.592. The monoisotopic (exact) mass is 354 g/mol. The van der Waals surface area contributed by atoms with E-state index in [0.717, 1.165) is 17.4 Å². The SMILES string of the molecule is O=C(COc1ccc(F)cc1Cl)Nc1nc2ccc(F)cc2s1. The molecule has 0 bridgehead atoms. The van der Waals surface area contributed by atoms with Crippen LogP contribution in [-0.4, -0.2) is 17.5 Å². The Morgan fingerprint density at radius 2 is 1.96 bits per heavy atom. The molecule has 0 atom stereocenters. The van der Waals surface area contributed by atoms with Crippen LogP contribution in [0.25, 0.3) is 10.2 Å². The van der Waals surface area contributed by atoms with Crippen LogP contribution in [0, 0.1) is 11.6 Å². The molecule has 4 nitrogen and oxygen atoms in total. The van der Waals surface area contributed by atoms with E-state index in [-0.39, 0.29) is 23.2 Å². The van der Waals surface area contributed by atoms with E-state index in [1.807, 2.05) is 0 Å². The van der Waals surface area contributed by atoms with Gasteiger partial charge in [0.1, 0.15) is 17.4 Å². The highest BCUT2D eigenvalue weighted by molar-refractivity contribution is 7.22. The Labute approximate surface area is 138 Å². The van der Waals surface area contributed by atoms with Crippen LogP contribution in [0.4, 0.5) is 13.9 Å². The number of nitrogens with one attached hydrogen (secondary N) is 1. The van der Waals surface area contributed by atoms with Crippen LogP contribution in [0.3, 0.4) is 0 Å². The van der Waals surface area contributed by atoms with Crippen molar-refractivity contribution in [3.8, 4) is 5.75 Å². The Bertz CT molecular complexity index is 885. The molecule has 0 spiro atoms. The van der Waals surface area contributed by atoms with Crippen molar-refractivity contribution in [3.63, 3.8) is 0 Å². The minimum absolute atomic E-state index is 0.0771. The lowest BCUT2D eigenvalue weighted by atomic mass is 10.3. The molecule has 0 aliphatic rings. The number of amides is 1. The lowest BCUT2D eigenvalue weighted by Crippen LogP contribution is -2.20. The van der Waals surface area contributed by atoms with Crippen molar-refractivity contribution in [2.24, 2.45) is 0 Å². The number of fused-ring (bicyclic) bond motifs is 1. The lowest BCUT2D eigenvalue weighted by Gasteiger charge is -2.07. The number of rotatable bonds is 4. The number of hydrogen-bond donors (Lipinski definition) is 1. The first-order chi connectivity index (χ1) is 11.0. The van der Waals surface area contributed by atoms with Crippen molar-refractivity contribution in [1.82, 2.24) is 4.98 Å². The number of thiazole rings is 1. The number of hydrogen-bond acceptors (Lipinski definition) is 4. The van der Waals surface area contributed by atoms with Crippen molar-refractivity contribution in [2.75, 3.05) is 11.9 Å². The maximum Gasteiger partial charge on any atom is 0.264 e. The van der Waals surface area contributed by atoms with Crippen LogP contribution in [0.1, 0.15) is 0 Å². The molecule has 0 saturated heterocycles. The zero-order valence-corrected chi connectivity index (χ0v) is 13.0. The van der Waals surface area contributed by atoms with Gasteiger partial charge in [0.15, 0.2) is 11.7 Å². The van der Waals surface area contributed by atoms with E-state index in [1.54, 1.807) is 0 Å². The zero-order chi connectivity index (χ0) is 16.4. The molecule has 8 heteroatoms. The van der Waals surface area contributed by atoms with E-state index >= 15 is 0 Å². The number of anilines is 1. The van der Waals surface area contributed by atoms with Gasteiger partial charge >= 0.3 is 0 Å². The number of aromatic nitrogens is 1. The van der Waals surface area contributed by atoms with Gasteiger partial charge in [-0.25, -0.2) is 13.8 Å². The van der Waals surface area contributed by atoms with Gasteiger partial charge in [-0.05, 0) is 36.4 Å². The number of nitrogens with zero attached hydrogens (tertiary/aromatic N) is 1. The van der Waals surface area contributed by atoms with Gasteiger partial charge in [-0.1, -0.05) is 22.9 Å². The number of benzene rings is 2. The van der Waals surface area contributed by atoms with Crippen molar-refractivity contribution < 1.29 is 18.3 Å².